The minimum atomic E-state index is -0.438. The molecular formula is C23H23NO6. The van der Waals surface area contributed by atoms with Gasteiger partial charge in [0, 0.05) is 17.2 Å². The van der Waals surface area contributed by atoms with Gasteiger partial charge in [0.2, 0.25) is 5.75 Å². The summed E-state index contributed by atoms with van der Waals surface area (Å²) in [6.45, 7) is 0. The summed E-state index contributed by atoms with van der Waals surface area (Å²) in [5.41, 5.74) is 2.37. The van der Waals surface area contributed by atoms with Crippen LogP contribution >= 0.6 is 0 Å². The van der Waals surface area contributed by atoms with E-state index in [0.29, 0.717) is 46.8 Å². The van der Waals surface area contributed by atoms with Gasteiger partial charge >= 0.3 is 0 Å². The number of methoxy groups -OCH3 is 3. The lowest BCUT2D eigenvalue weighted by atomic mass is 9.86. The second-order valence-corrected chi connectivity index (χ2v) is 6.80. The summed E-state index contributed by atoms with van der Waals surface area (Å²) in [7, 11) is 4.60. The molecule has 0 aromatic heterocycles. The number of carbonyl (C=O) groups is 1. The van der Waals surface area contributed by atoms with E-state index in [0.717, 1.165) is 12.0 Å². The van der Waals surface area contributed by atoms with Gasteiger partial charge in [-0.3, -0.25) is 14.9 Å². The molecule has 0 spiro atoms. The molecule has 1 saturated carbocycles. The van der Waals surface area contributed by atoms with Crippen LogP contribution in [0.15, 0.2) is 47.5 Å². The van der Waals surface area contributed by atoms with Crippen molar-refractivity contribution in [3.8, 4) is 17.2 Å². The smallest absolute Gasteiger partial charge is 0.276 e. The van der Waals surface area contributed by atoms with Crippen molar-refractivity contribution >= 4 is 23.6 Å². The summed E-state index contributed by atoms with van der Waals surface area (Å²) in [4.78, 5) is 23.9. The van der Waals surface area contributed by atoms with E-state index in [2.05, 4.69) is 0 Å². The first kappa shape index (κ1) is 21.1. The zero-order valence-corrected chi connectivity index (χ0v) is 17.1. The molecule has 0 N–H and O–H groups in total. The molecule has 7 heteroatoms. The third-order valence-corrected chi connectivity index (χ3v) is 4.97. The Morgan fingerprint density at radius 1 is 0.933 bits per heavy atom. The molecule has 3 rings (SSSR count). The van der Waals surface area contributed by atoms with Crippen molar-refractivity contribution in [3.63, 3.8) is 0 Å². The number of nitrogens with zero attached hydrogens (tertiary/aromatic N) is 1. The highest BCUT2D eigenvalue weighted by Gasteiger charge is 2.22. The number of hydrogen-bond donors (Lipinski definition) is 0. The molecule has 30 heavy (non-hydrogen) atoms. The number of para-hydroxylation sites is 1. The lowest BCUT2D eigenvalue weighted by Gasteiger charge is -2.17. The van der Waals surface area contributed by atoms with E-state index in [1.54, 1.807) is 42.5 Å². The first-order valence-electron chi connectivity index (χ1n) is 9.47. The molecule has 7 nitrogen and oxygen atoms in total. The minimum absolute atomic E-state index is 0.0152. The average Bonchev–Trinajstić information content (AvgIpc) is 2.76. The van der Waals surface area contributed by atoms with E-state index in [4.69, 9.17) is 14.2 Å². The number of hydrogen-bond acceptors (Lipinski definition) is 6. The number of ketones is 1. The van der Waals surface area contributed by atoms with Crippen molar-refractivity contribution in [1.29, 1.82) is 0 Å². The fourth-order valence-electron chi connectivity index (χ4n) is 3.53. The first-order chi connectivity index (χ1) is 14.5. The largest absolute Gasteiger partial charge is 0.493 e. The average molecular weight is 409 g/mol. The number of Topliss-reactive ketones (excluding diaryl/α,β-unsaturated/α-hetero) is 1. The zero-order chi connectivity index (χ0) is 21.7. The molecule has 0 heterocycles. The fourth-order valence-corrected chi connectivity index (χ4v) is 3.53. The monoisotopic (exact) mass is 409 g/mol. The third-order valence-electron chi connectivity index (χ3n) is 4.97. The van der Waals surface area contributed by atoms with Gasteiger partial charge in [-0.25, -0.2) is 0 Å². The highest BCUT2D eigenvalue weighted by Crippen LogP contribution is 2.39. The molecule has 0 bridgehead atoms. The SMILES string of the molecule is COc1cc(/C=C2\CCC/C(=C\c3ccccc3[N+](=O)[O-])C2=O)cc(OC)c1OC. The van der Waals surface area contributed by atoms with Crippen LogP contribution in [0.5, 0.6) is 17.2 Å². The Morgan fingerprint density at radius 2 is 1.53 bits per heavy atom. The van der Waals surface area contributed by atoms with Crippen LogP contribution in [0.2, 0.25) is 0 Å². The molecule has 0 saturated heterocycles. The number of nitro groups is 1. The van der Waals surface area contributed by atoms with Gasteiger partial charge in [0.05, 0.1) is 31.8 Å². The van der Waals surface area contributed by atoms with E-state index in [9.17, 15) is 14.9 Å². The number of ether oxygens (including phenoxy) is 3. The summed E-state index contributed by atoms with van der Waals surface area (Å²) >= 11 is 0. The van der Waals surface area contributed by atoms with Crippen molar-refractivity contribution in [2.24, 2.45) is 0 Å². The van der Waals surface area contributed by atoms with Crippen LogP contribution in [0.25, 0.3) is 12.2 Å². The standard InChI is InChI=1S/C23H23NO6/c1-28-20-12-15(13-21(29-2)23(20)30-3)11-17-8-6-9-18(22(17)25)14-16-7-4-5-10-19(16)24(26)27/h4-5,7,10-14H,6,8-9H2,1-3H3/b17-11+,18-14+. The summed E-state index contributed by atoms with van der Waals surface area (Å²) in [6.07, 6.45) is 5.43. The zero-order valence-electron chi connectivity index (χ0n) is 17.1. The molecule has 0 aliphatic heterocycles. The van der Waals surface area contributed by atoms with Crippen LogP contribution in [0, 0.1) is 10.1 Å². The van der Waals surface area contributed by atoms with E-state index in [-0.39, 0.29) is 11.5 Å². The van der Waals surface area contributed by atoms with Crippen LogP contribution in [0.3, 0.4) is 0 Å². The molecule has 0 unspecified atom stereocenters. The molecule has 2 aromatic carbocycles. The van der Waals surface area contributed by atoms with E-state index < -0.39 is 4.92 Å². The van der Waals surface area contributed by atoms with Crippen LogP contribution in [0.1, 0.15) is 30.4 Å². The highest BCUT2D eigenvalue weighted by molar-refractivity contribution is 6.14. The molecule has 1 aliphatic carbocycles. The molecule has 0 radical (unpaired) electrons. The Bertz CT molecular complexity index is 1010. The van der Waals surface area contributed by atoms with Crippen molar-refractivity contribution in [2.75, 3.05) is 21.3 Å². The predicted octanol–water partition coefficient (Wildman–Crippen LogP) is 4.84. The summed E-state index contributed by atoms with van der Waals surface area (Å²) in [5, 5.41) is 11.3. The van der Waals surface area contributed by atoms with E-state index in [1.165, 1.54) is 27.4 Å². The number of rotatable bonds is 6. The lowest BCUT2D eigenvalue weighted by molar-refractivity contribution is -0.385. The van der Waals surface area contributed by atoms with Crippen LogP contribution < -0.4 is 14.2 Å². The van der Waals surface area contributed by atoms with Gasteiger partial charge in [-0.1, -0.05) is 12.1 Å². The Labute approximate surface area is 174 Å². The van der Waals surface area contributed by atoms with Crippen molar-refractivity contribution in [1.82, 2.24) is 0 Å². The summed E-state index contributed by atoms with van der Waals surface area (Å²) in [6, 6.07) is 9.98. The topological polar surface area (TPSA) is 87.9 Å². The Balaban J connectivity index is 1.98. The van der Waals surface area contributed by atoms with E-state index >= 15 is 0 Å². The minimum Gasteiger partial charge on any atom is -0.493 e. The first-order valence-corrected chi connectivity index (χ1v) is 9.47. The molecular weight excluding hydrogens is 386 g/mol. The molecule has 1 fully saturated rings. The fraction of sp³-hybridized carbons (Fsp3) is 0.261. The second kappa shape index (κ2) is 9.26. The Morgan fingerprint density at radius 3 is 2.10 bits per heavy atom. The molecule has 1 aliphatic rings. The van der Waals surface area contributed by atoms with Gasteiger partial charge in [-0.2, -0.15) is 0 Å². The van der Waals surface area contributed by atoms with Crippen molar-refractivity contribution in [2.45, 2.75) is 19.3 Å². The Kier molecular flexibility index (Phi) is 6.51. The molecule has 2 aromatic rings. The number of carbonyl (C=O) groups excluding carboxylic acids is 1. The quantitative estimate of drug-likeness (QED) is 0.385. The normalized spacial score (nSPS) is 16.6. The van der Waals surface area contributed by atoms with Gasteiger partial charge < -0.3 is 14.2 Å². The number of allylic oxidation sites excluding steroid dienone is 2. The van der Waals surface area contributed by atoms with Gasteiger partial charge in [-0.15, -0.1) is 0 Å². The highest BCUT2D eigenvalue weighted by atomic mass is 16.6. The lowest BCUT2D eigenvalue weighted by Crippen LogP contribution is -2.12. The Hall–Kier alpha value is -3.61. The summed E-state index contributed by atoms with van der Waals surface area (Å²) in [5.74, 6) is 1.38. The van der Waals surface area contributed by atoms with Crippen molar-refractivity contribution in [3.05, 3.63) is 68.8 Å². The van der Waals surface area contributed by atoms with Crippen LogP contribution in [0.4, 0.5) is 5.69 Å². The van der Waals surface area contributed by atoms with Gasteiger partial charge in [-0.05, 0) is 55.2 Å². The van der Waals surface area contributed by atoms with Crippen LogP contribution in [-0.4, -0.2) is 32.0 Å². The van der Waals surface area contributed by atoms with Crippen LogP contribution in [-0.2, 0) is 4.79 Å². The van der Waals surface area contributed by atoms with E-state index in [1.807, 2.05) is 0 Å². The summed E-state index contributed by atoms with van der Waals surface area (Å²) < 4.78 is 16.1. The van der Waals surface area contributed by atoms with Gasteiger partial charge in [0.25, 0.3) is 5.69 Å². The maximum atomic E-state index is 13.1. The number of benzene rings is 2. The maximum absolute atomic E-state index is 13.1. The molecule has 0 atom stereocenters. The van der Waals surface area contributed by atoms with Crippen molar-refractivity contribution < 1.29 is 23.9 Å². The number of nitro benzene ring substituents is 1. The maximum Gasteiger partial charge on any atom is 0.276 e. The molecule has 0 amide bonds. The third kappa shape index (κ3) is 4.35. The van der Waals surface area contributed by atoms with Gasteiger partial charge in [0.1, 0.15) is 0 Å². The van der Waals surface area contributed by atoms with Gasteiger partial charge in [0.15, 0.2) is 17.3 Å². The predicted molar refractivity (Wildman–Crippen MR) is 114 cm³/mol. The second-order valence-electron chi connectivity index (χ2n) is 6.80. The molecule has 156 valence electrons.